The molecule has 0 aliphatic carbocycles. The van der Waals surface area contributed by atoms with Gasteiger partial charge >= 0.3 is 0 Å². The number of pyridine rings is 1. The molecule has 0 spiro atoms. The molecule has 0 saturated carbocycles. The summed E-state index contributed by atoms with van der Waals surface area (Å²) in [7, 11) is 1.62. The quantitative estimate of drug-likeness (QED) is 0.115. The second-order valence-electron chi connectivity index (χ2n) is 10.1. The molecular weight excluding hydrogens is 542 g/mol. The van der Waals surface area contributed by atoms with E-state index in [2.05, 4.69) is 71.0 Å². The summed E-state index contributed by atoms with van der Waals surface area (Å²) in [6.07, 6.45) is 6.10. The van der Waals surface area contributed by atoms with E-state index in [1.165, 1.54) is 17.3 Å². The summed E-state index contributed by atoms with van der Waals surface area (Å²) in [5, 5.41) is 4.21. The largest absolute Gasteiger partial charge is 0.497 e. The van der Waals surface area contributed by atoms with Crippen molar-refractivity contribution in [2.45, 2.75) is 42.4 Å². The summed E-state index contributed by atoms with van der Waals surface area (Å²) >= 11 is 1.65. The van der Waals surface area contributed by atoms with Crippen molar-refractivity contribution in [1.82, 2.24) is 4.98 Å². The van der Waals surface area contributed by atoms with Crippen molar-refractivity contribution in [3.8, 4) is 16.9 Å². The molecule has 0 fully saturated rings. The third-order valence-corrected chi connectivity index (χ3v) is 8.13. The van der Waals surface area contributed by atoms with Gasteiger partial charge in [-0.25, -0.2) is 0 Å². The van der Waals surface area contributed by atoms with Crippen molar-refractivity contribution < 1.29 is 14.3 Å². The molecule has 4 aromatic carbocycles. The summed E-state index contributed by atoms with van der Waals surface area (Å²) in [5.41, 5.74) is 12.9. The topological polar surface area (TPSA) is 94.3 Å². The van der Waals surface area contributed by atoms with E-state index in [1.807, 2.05) is 31.2 Å². The molecule has 212 valence electrons. The highest BCUT2D eigenvalue weighted by atomic mass is 32.2. The Hall–Kier alpha value is -4.62. The number of carbonyl (C=O) groups is 2. The molecule has 1 amide bonds. The van der Waals surface area contributed by atoms with Crippen LogP contribution in [0.25, 0.3) is 22.0 Å². The second-order valence-corrected chi connectivity index (χ2v) is 11.3. The Kier molecular flexibility index (Phi) is 9.19. The van der Waals surface area contributed by atoms with E-state index in [1.54, 1.807) is 18.9 Å². The summed E-state index contributed by atoms with van der Waals surface area (Å²) < 4.78 is 5.37. The Morgan fingerprint density at radius 2 is 1.69 bits per heavy atom. The number of nitrogens with zero attached hydrogens (tertiary/aromatic N) is 1. The first kappa shape index (κ1) is 28.9. The Morgan fingerprint density at radius 1 is 0.952 bits per heavy atom. The molecule has 5 aromatic rings. The summed E-state index contributed by atoms with van der Waals surface area (Å²) in [6.45, 7) is 2.02. The van der Waals surface area contributed by atoms with Crippen molar-refractivity contribution >= 4 is 46.2 Å². The van der Waals surface area contributed by atoms with Crippen molar-refractivity contribution in [3.05, 3.63) is 108 Å². The number of rotatable bonds is 12. The minimum absolute atomic E-state index is 0.322. The van der Waals surface area contributed by atoms with Crippen molar-refractivity contribution in [2.24, 2.45) is 5.73 Å². The number of hydrogen-bond donors (Lipinski definition) is 2. The molecule has 0 aliphatic rings. The number of ether oxygens (including phenoxy) is 1. The first-order valence-electron chi connectivity index (χ1n) is 13.9. The molecule has 3 N–H and O–H groups in total. The zero-order valence-corrected chi connectivity index (χ0v) is 24.5. The molecule has 0 aliphatic heterocycles. The Balaban J connectivity index is 1.39. The van der Waals surface area contributed by atoms with E-state index in [0.29, 0.717) is 23.4 Å². The highest BCUT2D eigenvalue weighted by Crippen LogP contribution is 2.37. The fourth-order valence-electron chi connectivity index (χ4n) is 4.94. The van der Waals surface area contributed by atoms with Crippen LogP contribution in [0.5, 0.6) is 5.75 Å². The van der Waals surface area contributed by atoms with Crippen LogP contribution >= 0.6 is 11.8 Å². The lowest BCUT2D eigenvalue weighted by atomic mass is 10.0. The minimum atomic E-state index is -0.549. The van der Waals surface area contributed by atoms with Crippen molar-refractivity contribution in [3.63, 3.8) is 0 Å². The highest BCUT2D eigenvalue weighted by Gasteiger charge is 2.16. The smallest absolute Gasteiger partial charge is 0.252 e. The monoisotopic (exact) mass is 575 g/mol. The Bertz CT molecular complexity index is 1720. The zero-order valence-electron chi connectivity index (χ0n) is 23.7. The minimum Gasteiger partial charge on any atom is -0.497 e. The average molecular weight is 576 g/mol. The number of hydrogen-bond acceptors (Lipinski definition) is 6. The van der Waals surface area contributed by atoms with Gasteiger partial charge in [0.15, 0.2) is 0 Å². The van der Waals surface area contributed by atoms with Crippen LogP contribution in [0.2, 0.25) is 0 Å². The van der Waals surface area contributed by atoms with Crippen LogP contribution in [0, 0.1) is 6.92 Å². The number of methoxy groups -OCH3 is 1. The van der Waals surface area contributed by atoms with Crippen molar-refractivity contribution in [1.29, 1.82) is 0 Å². The lowest BCUT2D eigenvalue weighted by molar-refractivity contribution is -0.107. The molecule has 1 aromatic heterocycles. The van der Waals surface area contributed by atoms with E-state index < -0.39 is 5.91 Å². The van der Waals surface area contributed by atoms with Gasteiger partial charge < -0.3 is 20.6 Å². The number of unbranched alkanes of at least 4 members (excludes halogenated alkanes) is 2. The molecule has 0 saturated heterocycles. The molecule has 0 atom stereocenters. The van der Waals surface area contributed by atoms with Gasteiger partial charge in [-0.3, -0.25) is 9.78 Å². The van der Waals surface area contributed by atoms with Gasteiger partial charge in [-0.15, -0.1) is 0 Å². The highest BCUT2D eigenvalue weighted by molar-refractivity contribution is 7.99. The number of primary amides is 1. The molecule has 1 heterocycles. The second kappa shape index (κ2) is 13.4. The first-order chi connectivity index (χ1) is 20.4. The van der Waals surface area contributed by atoms with Crippen LogP contribution < -0.4 is 15.8 Å². The maximum atomic E-state index is 12.4. The predicted molar refractivity (Wildman–Crippen MR) is 171 cm³/mol. The van der Waals surface area contributed by atoms with Crippen LogP contribution in [0.1, 0.15) is 40.7 Å². The van der Waals surface area contributed by atoms with E-state index in [9.17, 15) is 9.59 Å². The number of fused-ring (bicyclic) bond motifs is 1. The third kappa shape index (κ3) is 6.81. The number of nitrogens with two attached hydrogens (primary N) is 1. The average Bonchev–Trinajstić information content (AvgIpc) is 3.00. The van der Waals surface area contributed by atoms with Crippen LogP contribution in [-0.2, 0) is 11.2 Å². The Morgan fingerprint density at radius 3 is 2.38 bits per heavy atom. The van der Waals surface area contributed by atoms with Crippen molar-refractivity contribution in [2.75, 3.05) is 12.4 Å². The normalized spacial score (nSPS) is 10.9. The number of carbonyl (C=O) groups excluding carboxylic acids is 2. The van der Waals surface area contributed by atoms with Gasteiger partial charge in [0, 0.05) is 39.5 Å². The third-order valence-electron chi connectivity index (χ3n) is 7.15. The lowest BCUT2D eigenvalue weighted by Gasteiger charge is -2.16. The van der Waals surface area contributed by atoms with Crippen LogP contribution in [0.3, 0.4) is 0 Å². The number of amides is 1. The molecule has 7 heteroatoms. The summed E-state index contributed by atoms with van der Waals surface area (Å²) in [4.78, 5) is 29.6. The molecule has 0 bridgehead atoms. The zero-order chi connectivity index (χ0) is 29.5. The number of aldehydes is 1. The van der Waals surface area contributed by atoms with Crippen LogP contribution in [-0.4, -0.2) is 24.3 Å². The maximum absolute atomic E-state index is 12.4. The van der Waals surface area contributed by atoms with Gasteiger partial charge in [-0.2, -0.15) is 0 Å². The first-order valence-corrected chi connectivity index (χ1v) is 14.7. The number of aromatic nitrogens is 1. The van der Waals surface area contributed by atoms with E-state index in [0.717, 1.165) is 63.1 Å². The standard InChI is InChI=1S/C35H33N3O3S/c1-23-19-30(42-29-16-14-26(15-17-29)25-12-10-24(11-13-25)7-4-3-5-18-39)21-31-33(23)37-22-32(35(36)40)34(31)38-27-8-6-9-28(20-27)41-2/h6,8-22H,3-5,7H2,1-2H3,(H2,36,40)(H,37,38). The summed E-state index contributed by atoms with van der Waals surface area (Å²) in [6, 6.07) is 28.9. The molecular formula is C35H33N3O3S. The molecule has 0 unspecified atom stereocenters. The van der Waals surface area contributed by atoms with Gasteiger partial charge in [0.1, 0.15) is 12.0 Å². The fourth-order valence-corrected chi connectivity index (χ4v) is 5.90. The van der Waals surface area contributed by atoms with Gasteiger partial charge in [0.05, 0.1) is 23.9 Å². The van der Waals surface area contributed by atoms with Crippen LogP contribution in [0.4, 0.5) is 11.4 Å². The van der Waals surface area contributed by atoms with Gasteiger partial charge in [-0.1, -0.05) is 54.2 Å². The maximum Gasteiger partial charge on any atom is 0.252 e. The van der Waals surface area contributed by atoms with E-state index >= 15 is 0 Å². The number of benzene rings is 4. The predicted octanol–water partition coefficient (Wildman–Crippen LogP) is 8.12. The summed E-state index contributed by atoms with van der Waals surface area (Å²) in [5.74, 6) is 0.156. The van der Waals surface area contributed by atoms with Crippen LogP contribution in [0.15, 0.2) is 101 Å². The number of anilines is 2. The lowest BCUT2D eigenvalue weighted by Crippen LogP contribution is -2.14. The number of aryl methyl sites for hydroxylation is 2. The molecule has 42 heavy (non-hydrogen) atoms. The van der Waals surface area contributed by atoms with E-state index in [4.69, 9.17) is 10.5 Å². The van der Waals surface area contributed by atoms with Gasteiger partial charge in [0.2, 0.25) is 0 Å². The fraction of sp³-hybridized carbons (Fsp3) is 0.171. The van der Waals surface area contributed by atoms with E-state index in [-0.39, 0.29) is 0 Å². The number of nitrogens with one attached hydrogen (secondary N) is 1. The van der Waals surface area contributed by atoms with Gasteiger partial charge in [0.25, 0.3) is 5.91 Å². The van der Waals surface area contributed by atoms with Gasteiger partial charge in [-0.05, 0) is 84.8 Å². The molecule has 5 rings (SSSR count). The SMILES string of the molecule is COc1cccc(Nc2c(C(N)=O)cnc3c(C)cc(Sc4ccc(-c5ccc(CCCCC=O)cc5)cc4)cc23)c1. The Labute approximate surface area is 250 Å². The molecule has 6 nitrogen and oxygen atoms in total. The molecule has 0 radical (unpaired) electrons.